The van der Waals surface area contributed by atoms with Crippen LogP contribution in [-0.2, 0) is 17.6 Å². The van der Waals surface area contributed by atoms with Crippen molar-refractivity contribution >= 4 is 39.9 Å². The van der Waals surface area contributed by atoms with Crippen LogP contribution >= 0.6 is 22.9 Å². The number of anilines is 1. The summed E-state index contributed by atoms with van der Waals surface area (Å²) in [6, 6.07) is 20.4. The standard InChI is InChI=1S/C24H20ClN3O3S/c25-18-10-8-16(9-11-18)13-20(17-5-2-1-3-6-17)27-22(29)14-19-15-32-24(26-19)28-23(30)21-7-4-12-31-21/h1-12,15,20H,13-14H2,(H,27,29)(H,26,28,30). The molecule has 8 heteroatoms. The number of furan rings is 1. The lowest BCUT2D eigenvalue weighted by atomic mass is 9.98. The van der Waals surface area contributed by atoms with Gasteiger partial charge in [-0.3, -0.25) is 14.9 Å². The zero-order chi connectivity index (χ0) is 22.3. The predicted octanol–water partition coefficient (Wildman–Crippen LogP) is 5.28. The van der Waals surface area contributed by atoms with Crippen molar-refractivity contribution in [3.63, 3.8) is 0 Å². The second kappa shape index (κ2) is 10.3. The molecule has 2 heterocycles. The van der Waals surface area contributed by atoms with Gasteiger partial charge >= 0.3 is 0 Å². The minimum absolute atomic E-state index is 0.108. The van der Waals surface area contributed by atoms with Crippen LogP contribution in [0.15, 0.2) is 82.8 Å². The molecule has 4 aromatic rings. The first-order valence-electron chi connectivity index (χ1n) is 9.95. The van der Waals surface area contributed by atoms with E-state index in [1.807, 2.05) is 54.6 Å². The molecular weight excluding hydrogens is 446 g/mol. The molecule has 0 bridgehead atoms. The molecule has 0 aliphatic carbocycles. The number of hydrogen-bond donors (Lipinski definition) is 2. The number of aromatic nitrogens is 1. The highest BCUT2D eigenvalue weighted by Gasteiger charge is 2.17. The van der Waals surface area contributed by atoms with Crippen LogP contribution in [0.4, 0.5) is 5.13 Å². The van der Waals surface area contributed by atoms with E-state index in [4.69, 9.17) is 16.0 Å². The molecule has 1 unspecified atom stereocenters. The molecule has 0 aliphatic rings. The van der Waals surface area contributed by atoms with E-state index in [0.29, 0.717) is 22.3 Å². The summed E-state index contributed by atoms with van der Waals surface area (Å²) in [6.45, 7) is 0. The van der Waals surface area contributed by atoms with Gasteiger partial charge in [-0.05, 0) is 41.8 Å². The maximum atomic E-state index is 12.8. The Hall–Kier alpha value is -3.42. The van der Waals surface area contributed by atoms with Gasteiger partial charge in [-0.25, -0.2) is 4.98 Å². The molecule has 6 nitrogen and oxygen atoms in total. The Bertz CT molecular complexity index is 1170. The van der Waals surface area contributed by atoms with E-state index in [0.717, 1.165) is 11.1 Å². The Labute approximate surface area is 194 Å². The monoisotopic (exact) mass is 465 g/mol. The Kier molecular flexibility index (Phi) is 6.99. The maximum absolute atomic E-state index is 12.8. The fourth-order valence-corrected chi connectivity index (χ4v) is 4.05. The lowest BCUT2D eigenvalue weighted by Crippen LogP contribution is -2.31. The van der Waals surface area contributed by atoms with Crippen LogP contribution in [0.2, 0.25) is 5.02 Å². The van der Waals surface area contributed by atoms with Crippen molar-refractivity contribution in [2.75, 3.05) is 5.32 Å². The van der Waals surface area contributed by atoms with Crippen molar-refractivity contribution in [2.45, 2.75) is 18.9 Å². The summed E-state index contributed by atoms with van der Waals surface area (Å²) >= 11 is 7.25. The van der Waals surface area contributed by atoms with Crippen LogP contribution in [0.1, 0.15) is 33.4 Å². The quantitative estimate of drug-likeness (QED) is 0.370. The van der Waals surface area contributed by atoms with Crippen LogP contribution in [0.3, 0.4) is 0 Å². The molecule has 0 radical (unpaired) electrons. The van der Waals surface area contributed by atoms with Crippen molar-refractivity contribution in [3.8, 4) is 0 Å². The highest BCUT2D eigenvalue weighted by Crippen LogP contribution is 2.21. The van der Waals surface area contributed by atoms with Gasteiger partial charge in [-0.1, -0.05) is 54.1 Å². The van der Waals surface area contributed by atoms with Crippen molar-refractivity contribution in [1.29, 1.82) is 0 Å². The molecule has 0 saturated carbocycles. The molecule has 32 heavy (non-hydrogen) atoms. The molecule has 0 saturated heterocycles. The molecule has 2 aromatic carbocycles. The highest BCUT2D eigenvalue weighted by molar-refractivity contribution is 7.14. The van der Waals surface area contributed by atoms with E-state index in [9.17, 15) is 9.59 Å². The van der Waals surface area contributed by atoms with E-state index >= 15 is 0 Å². The smallest absolute Gasteiger partial charge is 0.293 e. The summed E-state index contributed by atoms with van der Waals surface area (Å²) in [6.07, 6.45) is 2.17. The number of amides is 2. The number of hydrogen-bond acceptors (Lipinski definition) is 5. The van der Waals surface area contributed by atoms with Gasteiger partial charge in [0.15, 0.2) is 10.9 Å². The number of thiazole rings is 1. The van der Waals surface area contributed by atoms with Crippen molar-refractivity contribution in [2.24, 2.45) is 0 Å². The van der Waals surface area contributed by atoms with Crippen LogP contribution in [-0.4, -0.2) is 16.8 Å². The zero-order valence-corrected chi connectivity index (χ0v) is 18.5. The average molecular weight is 466 g/mol. The largest absolute Gasteiger partial charge is 0.459 e. The van der Waals surface area contributed by atoms with Gasteiger partial charge in [-0.2, -0.15) is 0 Å². The second-order valence-corrected chi connectivity index (χ2v) is 8.41. The molecule has 1 atom stereocenters. The van der Waals surface area contributed by atoms with E-state index in [1.54, 1.807) is 17.5 Å². The maximum Gasteiger partial charge on any atom is 0.293 e. The SMILES string of the molecule is O=C(Cc1csc(NC(=O)c2ccco2)n1)NC(Cc1ccc(Cl)cc1)c1ccccc1. The molecule has 0 spiro atoms. The molecule has 162 valence electrons. The normalized spacial score (nSPS) is 11.7. The number of nitrogens with one attached hydrogen (secondary N) is 2. The third-order valence-corrected chi connectivity index (χ3v) is 5.81. The number of carbonyl (C=O) groups excluding carboxylic acids is 2. The Balaban J connectivity index is 1.40. The van der Waals surface area contributed by atoms with Gasteiger partial charge < -0.3 is 9.73 Å². The molecule has 4 rings (SSSR count). The highest BCUT2D eigenvalue weighted by atomic mass is 35.5. The molecule has 0 aliphatic heterocycles. The van der Waals surface area contributed by atoms with Crippen molar-refractivity contribution < 1.29 is 14.0 Å². The first-order chi connectivity index (χ1) is 15.6. The lowest BCUT2D eigenvalue weighted by Gasteiger charge is -2.19. The summed E-state index contributed by atoms with van der Waals surface area (Å²) in [5.41, 5.74) is 2.67. The van der Waals surface area contributed by atoms with Gasteiger partial charge in [-0.15, -0.1) is 11.3 Å². The number of halogens is 1. The summed E-state index contributed by atoms with van der Waals surface area (Å²) < 4.78 is 5.07. The first-order valence-corrected chi connectivity index (χ1v) is 11.2. The predicted molar refractivity (Wildman–Crippen MR) is 125 cm³/mol. The molecule has 2 amide bonds. The van der Waals surface area contributed by atoms with E-state index in [-0.39, 0.29) is 30.0 Å². The summed E-state index contributed by atoms with van der Waals surface area (Å²) in [5, 5.41) is 8.63. The van der Waals surface area contributed by atoms with Crippen LogP contribution in [0.5, 0.6) is 0 Å². The van der Waals surface area contributed by atoms with E-state index < -0.39 is 0 Å². The fourth-order valence-electron chi connectivity index (χ4n) is 3.22. The summed E-state index contributed by atoms with van der Waals surface area (Å²) in [7, 11) is 0. The molecule has 2 N–H and O–H groups in total. The minimum atomic E-state index is -0.382. The van der Waals surface area contributed by atoms with Crippen molar-refractivity contribution in [1.82, 2.24) is 10.3 Å². The van der Waals surface area contributed by atoms with E-state index in [1.165, 1.54) is 17.6 Å². The third kappa shape index (κ3) is 5.84. The molecular formula is C24H20ClN3O3S. The number of nitrogens with zero attached hydrogens (tertiary/aromatic N) is 1. The lowest BCUT2D eigenvalue weighted by molar-refractivity contribution is -0.121. The van der Waals surface area contributed by atoms with Gasteiger partial charge in [0.25, 0.3) is 5.91 Å². The minimum Gasteiger partial charge on any atom is -0.459 e. The van der Waals surface area contributed by atoms with Crippen LogP contribution in [0, 0.1) is 0 Å². The number of carbonyl (C=O) groups is 2. The first kappa shape index (κ1) is 21.8. The molecule has 2 aromatic heterocycles. The summed E-state index contributed by atoms with van der Waals surface area (Å²) in [4.78, 5) is 29.2. The van der Waals surface area contributed by atoms with E-state index in [2.05, 4.69) is 15.6 Å². The topological polar surface area (TPSA) is 84.2 Å². The summed E-state index contributed by atoms with van der Waals surface area (Å²) in [5.74, 6) is -0.332. The zero-order valence-electron chi connectivity index (χ0n) is 17.0. The van der Waals surface area contributed by atoms with Crippen LogP contribution < -0.4 is 10.6 Å². The third-order valence-electron chi connectivity index (χ3n) is 4.75. The Morgan fingerprint density at radius 3 is 2.53 bits per heavy atom. The average Bonchev–Trinajstić information content (AvgIpc) is 3.48. The van der Waals surface area contributed by atoms with Gasteiger partial charge in [0.1, 0.15) is 0 Å². The Morgan fingerprint density at radius 2 is 1.81 bits per heavy atom. The van der Waals surface area contributed by atoms with Crippen LogP contribution in [0.25, 0.3) is 0 Å². The van der Waals surface area contributed by atoms with Gasteiger partial charge in [0.05, 0.1) is 24.4 Å². The van der Waals surface area contributed by atoms with Crippen molar-refractivity contribution in [3.05, 3.63) is 106 Å². The molecule has 0 fully saturated rings. The fraction of sp³-hybridized carbons (Fsp3) is 0.125. The number of rotatable bonds is 8. The Morgan fingerprint density at radius 1 is 1.03 bits per heavy atom. The van der Waals surface area contributed by atoms with Gasteiger partial charge in [0, 0.05) is 10.4 Å². The number of benzene rings is 2. The van der Waals surface area contributed by atoms with Gasteiger partial charge in [0.2, 0.25) is 5.91 Å². The second-order valence-electron chi connectivity index (χ2n) is 7.11.